The number of amides is 1. The van der Waals surface area contributed by atoms with E-state index in [0.717, 1.165) is 28.5 Å². The van der Waals surface area contributed by atoms with E-state index in [9.17, 15) is 9.59 Å². The van der Waals surface area contributed by atoms with Crippen molar-refractivity contribution in [3.63, 3.8) is 0 Å². The lowest BCUT2D eigenvalue weighted by Crippen LogP contribution is -2.24. The van der Waals surface area contributed by atoms with Gasteiger partial charge in [-0.05, 0) is 37.6 Å². The Hall–Kier alpha value is -2.73. The summed E-state index contributed by atoms with van der Waals surface area (Å²) in [6.45, 7) is 5.69. The monoisotopic (exact) mass is 367 g/mol. The Kier molecular flexibility index (Phi) is 5.63. The molecule has 134 valence electrons. The zero-order valence-electron chi connectivity index (χ0n) is 14.9. The van der Waals surface area contributed by atoms with Crippen molar-refractivity contribution in [3.05, 3.63) is 64.4 Å². The van der Waals surface area contributed by atoms with Crippen LogP contribution in [0.15, 0.2) is 53.3 Å². The number of rotatable bonds is 6. The van der Waals surface area contributed by atoms with Gasteiger partial charge in [0.1, 0.15) is 0 Å². The largest absolute Gasteiger partial charge is 0.349 e. The van der Waals surface area contributed by atoms with Gasteiger partial charge in [0.2, 0.25) is 5.91 Å². The Morgan fingerprint density at radius 3 is 2.54 bits per heavy atom. The minimum atomic E-state index is -0.264. The van der Waals surface area contributed by atoms with Gasteiger partial charge >= 0.3 is 0 Å². The maximum Gasteiger partial charge on any atom is 0.281 e. The lowest BCUT2D eigenvalue weighted by molar-refractivity contribution is -0.115. The summed E-state index contributed by atoms with van der Waals surface area (Å²) in [5.74, 6) is -0.112. The average molecular weight is 367 g/mol. The first-order chi connectivity index (χ1) is 12.6. The number of nitrogens with zero attached hydrogens (tertiary/aromatic N) is 2. The summed E-state index contributed by atoms with van der Waals surface area (Å²) in [4.78, 5) is 30.9. The molecule has 3 aromatic rings. The van der Waals surface area contributed by atoms with E-state index < -0.39 is 0 Å². The lowest BCUT2D eigenvalue weighted by Gasteiger charge is -2.18. The standard InChI is InChI=1S/C20H21N3O2S/c1-3-23(4-2)20-22-19(25)16-13-15(10-11-17(16)26-20)21-18(24)12-14-8-6-5-7-9-14/h5-11,13H,3-4,12H2,1-2H3,(H,21,24). The number of aromatic nitrogens is 1. The summed E-state index contributed by atoms with van der Waals surface area (Å²) in [7, 11) is 0. The highest BCUT2D eigenvalue weighted by Gasteiger charge is 2.11. The van der Waals surface area contributed by atoms with Gasteiger partial charge in [-0.15, -0.1) is 0 Å². The number of hydrogen-bond donors (Lipinski definition) is 1. The Morgan fingerprint density at radius 2 is 1.85 bits per heavy atom. The molecule has 1 N–H and O–H groups in total. The molecule has 1 heterocycles. The number of hydrogen-bond acceptors (Lipinski definition) is 5. The number of benzene rings is 2. The minimum Gasteiger partial charge on any atom is -0.349 e. The van der Waals surface area contributed by atoms with E-state index in [1.807, 2.05) is 56.3 Å². The fourth-order valence-electron chi connectivity index (χ4n) is 2.75. The molecule has 0 atom stereocenters. The summed E-state index contributed by atoms with van der Waals surface area (Å²) in [6.07, 6.45) is 0.297. The normalized spacial score (nSPS) is 10.7. The van der Waals surface area contributed by atoms with E-state index in [-0.39, 0.29) is 11.5 Å². The SMILES string of the molecule is CCN(CC)c1nc(=O)c2cc(NC(=O)Cc3ccccc3)ccc2s1. The molecular formula is C20H21N3O2S. The van der Waals surface area contributed by atoms with E-state index in [4.69, 9.17) is 0 Å². The summed E-state index contributed by atoms with van der Waals surface area (Å²) < 4.78 is 0.868. The molecule has 1 amide bonds. The highest BCUT2D eigenvalue weighted by atomic mass is 32.1. The molecule has 1 aromatic heterocycles. The second kappa shape index (κ2) is 8.10. The van der Waals surface area contributed by atoms with Crippen LogP contribution >= 0.6 is 11.3 Å². The molecule has 0 fully saturated rings. The number of anilines is 2. The predicted octanol–water partition coefficient (Wildman–Crippen LogP) is 3.68. The highest BCUT2D eigenvalue weighted by Crippen LogP contribution is 2.26. The maximum absolute atomic E-state index is 12.4. The minimum absolute atomic E-state index is 0.112. The maximum atomic E-state index is 12.4. The van der Waals surface area contributed by atoms with Gasteiger partial charge in [-0.1, -0.05) is 41.7 Å². The van der Waals surface area contributed by atoms with E-state index in [1.165, 1.54) is 11.3 Å². The van der Waals surface area contributed by atoms with Gasteiger partial charge in [0.05, 0.1) is 11.8 Å². The molecule has 0 radical (unpaired) electrons. The van der Waals surface area contributed by atoms with Crippen molar-refractivity contribution < 1.29 is 4.79 Å². The second-order valence-electron chi connectivity index (χ2n) is 5.90. The van der Waals surface area contributed by atoms with Crippen LogP contribution in [0.1, 0.15) is 19.4 Å². The lowest BCUT2D eigenvalue weighted by atomic mass is 10.1. The highest BCUT2D eigenvalue weighted by molar-refractivity contribution is 7.21. The van der Waals surface area contributed by atoms with Crippen LogP contribution in [0.5, 0.6) is 0 Å². The molecule has 0 saturated carbocycles. The molecule has 6 heteroatoms. The zero-order valence-corrected chi connectivity index (χ0v) is 15.7. The van der Waals surface area contributed by atoms with Crippen LogP contribution in [0, 0.1) is 0 Å². The summed E-state index contributed by atoms with van der Waals surface area (Å²) in [6, 6.07) is 15.0. The molecule has 0 saturated heterocycles. The van der Waals surface area contributed by atoms with E-state index in [1.54, 1.807) is 6.07 Å². The van der Waals surface area contributed by atoms with Crippen molar-refractivity contribution in [1.82, 2.24) is 4.98 Å². The molecule has 0 unspecified atom stereocenters. The Bertz CT molecular complexity index is 966. The van der Waals surface area contributed by atoms with Crippen LogP contribution in [0.4, 0.5) is 10.8 Å². The van der Waals surface area contributed by atoms with Crippen LogP contribution < -0.4 is 15.8 Å². The van der Waals surface area contributed by atoms with Gasteiger partial charge < -0.3 is 10.2 Å². The molecule has 5 nitrogen and oxygen atoms in total. The number of nitrogens with one attached hydrogen (secondary N) is 1. The molecule has 2 aromatic carbocycles. The molecule has 26 heavy (non-hydrogen) atoms. The average Bonchev–Trinajstić information content (AvgIpc) is 2.64. The van der Waals surface area contributed by atoms with E-state index in [0.29, 0.717) is 17.5 Å². The third kappa shape index (κ3) is 4.08. The topological polar surface area (TPSA) is 62.3 Å². The molecule has 0 spiro atoms. The van der Waals surface area contributed by atoms with Gasteiger partial charge in [-0.25, -0.2) is 0 Å². The van der Waals surface area contributed by atoms with Crippen LogP contribution in [-0.4, -0.2) is 24.0 Å². The van der Waals surface area contributed by atoms with Crippen LogP contribution in [-0.2, 0) is 11.2 Å². The molecular weight excluding hydrogens is 346 g/mol. The quantitative estimate of drug-likeness (QED) is 0.722. The smallest absolute Gasteiger partial charge is 0.281 e. The molecule has 0 aliphatic heterocycles. The Labute approximate surface area is 156 Å². The van der Waals surface area contributed by atoms with Gasteiger partial charge in [0, 0.05) is 23.5 Å². The fourth-order valence-corrected chi connectivity index (χ4v) is 3.85. The third-order valence-electron chi connectivity index (χ3n) is 4.13. The van der Waals surface area contributed by atoms with Crippen molar-refractivity contribution in [2.45, 2.75) is 20.3 Å². The fraction of sp³-hybridized carbons (Fsp3) is 0.250. The van der Waals surface area contributed by atoms with Crippen LogP contribution in [0.2, 0.25) is 0 Å². The van der Waals surface area contributed by atoms with Crippen molar-refractivity contribution in [2.75, 3.05) is 23.3 Å². The van der Waals surface area contributed by atoms with Gasteiger partial charge in [0.25, 0.3) is 5.56 Å². The molecule has 0 aliphatic rings. The summed E-state index contributed by atoms with van der Waals surface area (Å²) in [5.41, 5.74) is 1.29. The van der Waals surface area contributed by atoms with Crippen LogP contribution in [0.25, 0.3) is 10.1 Å². The Morgan fingerprint density at radius 1 is 1.12 bits per heavy atom. The number of carbonyl (C=O) groups excluding carboxylic acids is 1. The zero-order chi connectivity index (χ0) is 18.5. The molecule has 3 rings (SSSR count). The van der Waals surface area contributed by atoms with Crippen molar-refractivity contribution in [1.29, 1.82) is 0 Å². The third-order valence-corrected chi connectivity index (χ3v) is 5.24. The predicted molar refractivity (Wildman–Crippen MR) is 108 cm³/mol. The van der Waals surface area contributed by atoms with E-state index in [2.05, 4.69) is 15.2 Å². The van der Waals surface area contributed by atoms with Gasteiger partial charge in [-0.2, -0.15) is 4.98 Å². The van der Waals surface area contributed by atoms with E-state index >= 15 is 0 Å². The molecule has 0 bridgehead atoms. The number of carbonyl (C=O) groups is 1. The van der Waals surface area contributed by atoms with Gasteiger partial charge in [0.15, 0.2) is 5.13 Å². The molecule has 0 aliphatic carbocycles. The first-order valence-corrected chi connectivity index (χ1v) is 9.46. The van der Waals surface area contributed by atoms with Crippen molar-refractivity contribution in [3.8, 4) is 0 Å². The van der Waals surface area contributed by atoms with Crippen LogP contribution in [0.3, 0.4) is 0 Å². The summed E-state index contributed by atoms with van der Waals surface area (Å²) in [5, 5.41) is 4.12. The first-order valence-electron chi connectivity index (χ1n) is 8.64. The van der Waals surface area contributed by atoms with Crippen molar-refractivity contribution in [2.24, 2.45) is 0 Å². The van der Waals surface area contributed by atoms with Crippen molar-refractivity contribution >= 4 is 38.1 Å². The summed E-state index contributed by atoms with van der Waals surface area (Å²) >= 11 is 1.49. The second-order valence-corrected chi connectivity index (χ2v) is 6.90. The number of fused-ring (bicyclic) bond motifs is 1. The Balaban J connectivity index is 1.83. The van der Waals surface area contributed by atoms with Gasteiger partial charge in [-0.3, -0.25) is 9.59 Å². The first kappa shape index (κ1) is 18.1.